The van der Waals surface area contributed by atoms with Gasteiger partial charge in [-0.3, -0.25) is 4.55 Å². The lowest BCUT2D eigenvalue weighted by Crippen LogP contribution is -2.41. The van der Waals surface area contributed by atoms with Gasteiger partial charge in [-0.2, -0.15) is 8.42 Å². The number of anilines is 1. The van der Waals surface area contributed by atoms with Gasteiger partial charge in [0.2, 0.25) is 5.03 Å². The van der Waals surface area contributed by atoms with Gasteiger partial charge in [-0.1, -0.05) is 30.4 Å². The summed E-state index contributed by atoms with van der Waals surface area (Å²) in [6, 6.07) is -0.651. The number of rotatable bonds is 6. The monoisotopic (exact) mass is 367 g/mol. The Morgan fingerprint density at radius 3 is 2.64 bits per heavy atom. The van der Waals surface area contributed by atoms with E-state index in [4.69, 9.17) is 0 Å². The summed E-state index contributed by atoms with van der Waals surface area (Å²) in [7, 11) is -4.88. The Morgan fingerprint density at radius 1 is 1.44 bits per heavy atom. The molecule has 1 aromatic heterocycles. The molecule has 0 aliphatic heterocycles. The fourth-order valence-corrected chi connectivity index (χ4v) is 3.15. The van der Waals surface area contributed by atoms with Crippen LogP contribution in [0, 0.1) is 12.3 Å². The SMILES string of the molecule is C=CC1(CO)C=CC=CC1Nc1nc(C)nc(S(=O)(=O)O)c1C(=O)O. The standard InChI is InChI=1S/C15H17N3O6S/c1-3-15(8-19)7-5-4-6-10(15)18-12-11(14(20)21)13(25(22,23)24)17-9(2)16-12/h3-7,10,19H,1,8H2,2H3,(H,20,21)(H,16,17,18)(H,22,23,24). The molecule has 0 bridgehead atoms. The molecule has 0 radical (unpaired) electrons. The van der Waals surface area contributed by atoms with Crippen LogP contribution in [-0.4, -0.2) is 51.8 Å². The zero-order chi connectivity index (χ0) is 18.8. The normalized spacial score (nSPS) is 22.6. The molecule has 1 aliphatic carbocycles. The van der Waals surface area contributed by atoms with Crippen LogP contribution in [0.1, 0.15) is 16.2 Å². The summed E-state index contributed by atoms with van der Waals surface area (Å²) in [4.78, 5) is 19.0. The third-order valence-corrected chi connectivity index (χ3v) is 4.58. The molecule has 134 valence electrons. The molecule has 9 nitrogen and oxygen atoms in total. The number of nitrogens with one attached hydrogen (secondary N) is 1. The molecule has 0 saturated carbocycles. The molecule has 0 saturated heterocycles. The van der Waals surface area contributed by atoms with Crippen molar-refractivity contribution in [1.82, 2.24) is 9.97 Å². The molecule has 0 aromatic carbocycles. The van der Waals surface area contributed by atoms with E-state index in [-0.39, 0.29) is 18.2 Å². The molecule has 0 spiro atoms. The van der Waals surface area contributed by atoms with Crippen molar-refractivity contribution < 1.29 is 28.0 Å². The molecule has 1 aliphatic rings. The van der Waals surface area contributed by atoms with Gasteiger partial charge in [0.05, 0.1) is 18.1 Å². The maximum absolute atomic E-state index is 11.5. The zero-order valence-corrected chi connectivity index (χ0v) is 14.1. The van der Waals surface area contributed by atoms with E-state index < -0.39 is 38.1 Å². The van der Waals surface area contributed by atoms with Crippen molar-refractivity contribution in [2.75, 3.05) is 11.9 Å². The van der Waals surface area contributed by atoms with Crippen molar-refractivity contribution >= 4 is 21.9 Å². The molecule has 25 heavy (non-hydrogen) atoms. The third-order valence-electron chi connectivity index (χ3n) is 3.79. The minimum atomic E-state index is -4.88. The van der Waals surface area contributed by atoms with E-state index in [1.807, 2.05) is 0 Å². The average molecular weight is 367 g/mol. The maximum atomic E-state index is 11.5. The number of hydrogen-bond donors (Lipinski definition) is 4. The van der Waals surface area contributed by atoms with E-state index in [1.165, 1.54) is 13.0 Å². The van der Waals surface area contributed by atoms with Crippen LogP contribution in [0.2, 0.25) is 0 Å². The van der Waals surface area contributed by atoms with Crippen molar-refractivity contribution in [2.24, 2.45) is 5.41 Å². The number of allylic oxidation sites excluding steroid dienone is 2. The molecule has 2 atom stereocenters. The topological polar surface area (TPSA) is 150 Å². The van der Waals surface area contributed by atoms with Gasteiger partial charge in [-0.05, 0) is 6.92 Å². The summed E-state index contributed by atoms with van der Waals surface area (Å²) in [5, 5.41) is 20.9. The van der Waals surface area contributed by atoms with E-state index in [0.29, 0.717) is 0 Å². The van der Waals surface area contributed by atoms with Crippen LogP contribution in [0.5, 0.6) is 0 Å². The van der Waals surface area contributed by atoms with Crippen LogP contribution in [0.25, 0.3) is 0 Å². The minimum absolute atomic E-state index is 0.0522. The van der Waals surface area contributed by atoms with Gasteiger partial charge >= 0.3 is 16.1 Å². The Kier molecular flexibility index (Phi) is 5.07. The number of nitrogens with zero attached hydrogens (tertiary/aromatic N) is 2. The minimum Gasteiger partial charge on any atom is -0.477 e. The fourth-order valence-electron chi connectivity index (χ4n) is 2.46. The lowest BCUT2D eigenvalue weighted by molar-refractivity contribution is 0.0691. The van der Waals surface area contributed by atoms with E-state index in [0.717, 1.165) is 0 Å². The molecule has 0 amide bonds. The second-order valence-electron chi connectivity index (χ2n) is 5.42. The van der Waals surface area contributed by atoms with E-state index in [2.05, 4.69) is 21.9 Å². The van der Waals surface area contributed by atoms with E-state index >= 15 is 0 Å². The van der Waals surface area contributed by atoms with Crippen LogP contribution < -0.4 is 5.32 Å². The Labute approximate surface area is 144 Å². The van der Waals surface area contributed by atoms with Crippen molar-refractivity contribution in [3.05, 3.63) is 48.3 Å². The second kappa shape index (κ2) is 6.75. The van der Waals surface area contributed by atoms with Gasteiger partial charge in [-0.15, -0.1) is 6.58 Å². The van der Waals surface area contributed by atoms with Gasteiger partial charge in [0.1, 0.15) is 17.2 Å². The summed E-state index contributed by atoms with van der Waals surface area (Å²) in [6.45, 7) is 4.71. The fraction of sp³-hybridized carbons (Fsp3) is 0.267. The van der Waals surface area contributed by atoms with Gasteiger partial charge in [0, 0.05) is 0 Å². The number of carboxylic acids is 1. The first kappa shape index (κ1) is 18.8. The van der Waals surface area contributed by atoms with Crippen LogP contribution in [0.4, 0.5) is 5.82 Å². The zero-order valence-electron chi connectivity index (χ0n) is 13.2. The number of carboxylic acid groups (broad SMARTS) is 1. The highest BCUT2D eigenvalue weighted by molar-refractivity contribution is 7.85. The highest BCUT2D eigenvalue weighted by atomic mass is 32.2. The molecule has 10 heteroatoms. The van der Waals surface area contributed by atoms with Crippen LogP contribution in [0.15, 0.2) is 42.0 Å². The van der Waals surface area contributed by atoms with Gasteiger partial charge in [0.15, 0.2) is 0 Å². The van der Waals surface area contributed by atoms with Gasteiger partial charge in [0.25, 0.3) is 0 Å². The average Bonchev–Trinajstić information content (AvgIpc) is 2.54. The maximum Gasteiger partial charge on any atom is 0.342 e. The molecule has 1 aromatic rings. The van der Waals surface area contributed by atoms with Crippen molar-refractivity contribution in [2.45, 2.75) is 18.0 Å². The van der Waals surface area contributed by atoms with E-state index in [9.17, 15) is 28.0 Å². The number of aliphatic hydroxyl groups excluding tert-OH is 1. The smallest absolute Gasteiger partial charge is 0.342 e. The van der Waals surface area contributed by atoms with E-state index in [1.54, 1.807) is 24.3 Å². The largest absolute Gasteiger partial charge is 0.477 e. The van der Waals surface area contributed by atoms with Crippen LogP contribution in [-0.2, 0) is 10.1 Å². The third kappa shape index (κ3) is 3.60. The van der Waals surface area contributed by atoms with Crippen molar-refractivity contribution in [3.8, 4) is 0 Å². The highest BCUT2D eigenvalue weighted by Gasteiger charge is 2.35. The first-order valence-electron chi connectivity index (χ1n) is 7.11. The summed E-state index contributed by atoms with van der Waals surface area (Å²) in [6.07, 6.45) is 8.18. The quantitative estimate of drug-likeness (QED) is 0.325. The Hall–Kier alpha value is -2.56. The van der Waals surface area contributed by atoms with Gasteiger partial charge < -0.3 is 15.5 Å². The van der Waals surface area contributed by atoms with Crippen LogP contribution in [0.3, 0.4) is 0 Å². The molecule has 2 rings (SSSR count). The lowest BCUT2D eigenvalue weighted by Gasteiger charge is -2.35. The number of aryl methyl sites for hydroxylation is 1. The summed E-state index contributed by atoms with van der Waals surface area (Å²) in [5.74, 6) is -1.97. The first-order chi connectivity index (χ1) is 11.6. The molecule has 2 unspecified atom stereocenters. The summed E-state index contributed by atoms with van der Waals surface area (Å²) < 4.78 is 32.3. The van der Waals surface area contributed by atoms with Crippen LogP contribution >= 0.6 is 0 Å². The van der Waals surface area contributed by atoms with Gasteiger partial charge in [-0.25, -0.2) is 14.8 Å². The number of aliphatic hydroxyl groups is 1. The number of aromatic carboxylic acids is 1. The van der Waals surface area contributed by atoms with Crippen molar-refractivity contribution in [1.29, 1.82) is 0 Å². The molecular weight excluding hydrogens is 350 g/mol. The number of hydrogen-bond acceptors (Lipinski definition) is 7. The Balaban J connectivity index is 2.62. The predicted octanol–water partition coefficient (Wildman–Crippen LogP) is 0.801. The number of carbonyl (C=O) groups is 1. The molecule has 4 N–H and O–H groups in total. The summed E-state index contributed by atoms with van der Waals surface area (Å²) in [5.41, 5.74) is -1.73. The van der Waals surface area contributed by atoms with Crippen molar-refractivity contribution in [3.63, 3.8) is 0 Å². The molecular formula is C15H17N3O6S. The lowest BCUT2D eigenvalue weighted by atomic mass is 9.78. The Morgan fingerprint density at radius 2 is 2.12 bits per heavy atom. The number of aromatic nitrogens is 2. The summed E-state index contributed by atoms with van der Waals surface area (Å²) >= 11 is 0. The Bertz CT molecular complexity index is 877. The second-order valence-corrected chi connectivity index (χ2v) is 6.76. The first-order valence-corrected chi connectivity index (χ1v) is 8.55. The molecule has 1 heterocycles. The molecule has 0 fully saturated rings. The highest BCUT2D eigenvalue weighted by Crippen LogP contribution is 2.32. The predicted molar refractivity (Wildman–Crippen MR) is 88.9 cm³/mol.